The lowest BCUT2D eigenvalue weighted by molar-refractivity contribution is -0.199. The summed E-state index contributed by atoms with van der Waals surface area (Å²) in [6.45, 7) is 0. The van der Waals surface area contributed by atoms with Crippen molar-refractivity contribution in [1.82, 2.24) is 0 Å². The summed E-state index contributed by atoms with van der Waals surface area (Å²) in [6.07, 6.45) is -2.98. The number of rotatable bonds is 5. The van der Waals surface area contributed by atoms with Gasteiger partial charge in [0.1, 0.15) is 23.5 Å². The fourth-order valence-corrected chi connectivity index (χ4v) is 1.11. The van der Waals surface area contributed by atoms with Crippen LogP contribution in [0.1, 0.15) is 0 Å². The summed E-state index contributed by atoms with van der Waals surface area (Å²) in [6, 6.07) is 8.26. The maximum Gasteiger partial charge on any atom is 0.444 e. The van der Waals surface area contributed by atoms with Gasteiger partial charge in [-0.15, -0.1) is 0 Å². The average molecular weight is 302 g/mol. The quantitative estimate of drug-likeness (QED) is 0.667. The Balaban J connectivity index is 2.74. The molecule has 1 rings (SSSR count). The third-order valence-corrected chi connectivity index (χ3v) is 2.24. The number of benzene rings is 1. The van der Waals surface area contributed by atoms with E-state index in [2.05, 4.69) is 21.7 Å². The Morgan fingerprint density at radius 3 is 2.30 bits per heavy atom. The molecule has 0 bridgehead atoms. The fourth-order valence-electron chi connectivity index (χ4n) is 1.07. The Morgan fingerprint density at radius 2 is 1.85 bits per heavy atom. The highest BCUT2D eigenvalue weighted by molar-refractivity contribution is 6.20. The Kier molecular flexibility index (Phi) is 5.24. The number of halogens is 4. The van der Waals surface area contributed by atoms with E-state index in [4.69, 9.17) is 10.5 Å². The third-order valence-electron chi connectivity index (χ3n) is 1.99. The molecule has 1 unspecified atom stereocenters. The van der Waals surface area contributed by atoms with Gasteiger partial charge in [0, 0.05) is 11.9 Å². The second-order valence-electron chi connectivity index (χ2n) is 3.41. The Labute approximate surface area is 117 Å². The van der Waals surface area contributed by atoms with E-state index in [-0.39, 0.29) is 11.3 Å². The molecular formula is C12H7ClF3N3O. The normalized spacial score (nSPS) is 11.7. The first kappa shape index (κ1) is 15.7. The minimum Gasteiger partial charge on any atom is -0.429 e. The van der Waals surface area contributed by atoms with Crippen molar-refractivity contribution in [2.75, 3.05) is 5.32 Å². The van der Waals surface area contributed by atoms with E-state index in [1.165, 1.54) is 12.1 Å². The molecule has 0 amide bonds. The molecule has 0 aliphatic heterocycles. The summed E-state index contributed by atoms with van der Waals surface area (Å²) >= 11 is 4.64. The SMILES string of the molecule is N#CC(C#N)=CNc1ccc(OC(F)(F)C(F)Cl)cc1. The van der Waals surface area contributed by atoms with Crippen LogP contribution in [-0.4, -0.2) is 11.7 Å². The van der Waals surface area contributed by atoms with Gasteiger partial charge in [-0.3, -0.25) is 0 Å². The average Bonchev–Trinajstić information content (AvgIpc) is 2.41. The van der Waals surface area contributed by atoms with E-state index in [1.807, 2.05) is 0 Å². The molecule has 1 N–H and O–H groups in total. The van der Waals surface area contributed by atoms with Crippen molar-refractivity contribution in [1.29, 1.82) is 10.5 Å². The highest BCUT2D eigenvalue weighted by atomic mass is 35.5. The lowest BCUT2D eigenvalue weighted by Crippen LogP contribution is -2.32. The first-order chi connectivity index (χ1) is 9.39. The second kappa shape index (κ2) is 6.69. The van der Waals surface area contributed by atoms with Crippen LogP contribution in [-0.2, 0) is 0 Å². The number of nitriles is 2. The van der Waals surface area contributed by atoms with Gasteiger partial charge in [0.2, 0.25) is 0 Å². The van der Waals surface area contributed by atoms with Crippen LogP contribution < -0.4 is 10.1 Å². The van der Waals surface area contributed by atoms with Crippen LogP contribution in [0.5, 0.6) is 5.75 Å². The fraction of sp³-hybridized carbons (Fsp3) is 0.167. The molecule has 0 fully saturated rings. The summed E-state index contributed by atoms with van der Waals surface area (Å²) in [5, 5.41) is 19.6. The van der Waals surface area contributed by atoms with Crippen molar-refractivity contribution in [2.45, 2.75) is 11.7 Å². The molecule has 104 valence electrons. The minimum atomic E-state index is -4.13. The molecule has 0 heterocycles. The molecule has 0 saturated carbocycles. The van der Waals surface area contributed by atoms with Crippen LogP contribution in [0.3, 0.4) is 0 Å². The van der Waals surface area contributed by atoms with E-state index in [9.17, 15) is 13.2 Å². The Morgan fingerprint density at radius 1 is 1.30 bits per heavy atom. The number of hydrogen-bond donors (Lipinski definition) is 1. The third kappa shape index (κ3) is 4.38. The maximum absolute atomic E-state index is 12.9. The Bertz CT molecular complexity index is 557. The van der Waals surface area contributed by atoms with Gasteiger partial charge in [-0.1, -0.05) is 11.6 Å². The summed E-state index contributed by atoms with van der Waals surface area (Å²) in [5.41, 5.74) is -2.69. The molecule has 4 nitrogen and oxygen atoms in total. The highest BCUT2D eigenvalue weighted by Crippen LogP contribution is 2.29. The second-order valence-corrected chi connectivity index (χ2v) is 3.80. The van der Waals surface area contributed by atoms with E-state index in [1.54, 1.807) is 12.1 Å². The predicted octanol–water partition coefficient (Wildman–Crippen LogP) is 3.54. The van der Waals surface area contributed by atoms with Crippen LogP contribution in [0.25, 0.3) is 0 Å². The maximum atomic E-state index is 12.9. The van der Waals surface area contributed by atoms with Crippen LogP contribution >= 0.6 is 11.6 Å². The Hall–Kier alpha value is -2.38. The van der Waals surface area contributed by atoms with Gasteiger partial charge in [-0.05, 0) is 24.3 Å². The largest absolute Gasteiger partial charge is 0.444 e. The van der Waals surface area contributed by atoms with E-state index in [0.29, 0.717) is 5.69 Å². The molecule has 0 aromatic heterocycles. The van der Waals surface area contributed by atoms with Gasteiger partial charge in [0.15, 0.2) is 0 Å². The first-order valence-corrected chi connectivity index (χ1v) is 5.54. The van der Waals surface area contributed by atoms with E-state index < -0.39 is 11.7 Å². The molecule has 20 heavy (non-hydrogen) atoms. The van der Waals surface area contributed by atoms with E-state index >= 15 is 0 Å². The van der Waals surface area contributed by atoms with Gasteiger partial charge < -0.3 is 10.1 Å². The van der Waals surface area contributed by atoms with Gasteiger partial charge >= 0.3 is 6.11 Å². The molecular weight excluding hydrogens is 295 g/mol. The van der Waals surface area contributed by atoms with Crippen molar-refractivity contribution in [3.8, 4) is 17.9 Å². The van der Waals surface area contributed by atoms with Crippen molar-refractivity contribution < 1.29 is 17.9 Å². The van der Waals surface area contributed by atoms with Crippen LogP contribution in [0.15, 0.2) is 36.0 Å². The minimum absolute atomic E-state index is 0.153. The standard InChI is InChI=1S/C12H7ClF3N3O/c13-11(14)12(15,16)20-10-3-1-9(2-4-10)19-7-8(5-17)6-18/h1-4,7,11,19H. The lowest BCUT2D eigenvalue weighted by atomic mass is 10.3. The van der Waals surface area contributed by atoms with Gasteiger partial charge in [0.25, 0.3) is 5.63 Å². The monoisotopic (exact) mass is 301 g/mol. The number of hydrogen-bond acceptors (Lipinski definition) is 4. The zero-order valence-corrected chi connectivity index (χ0v) is 10.5. The molecule has 1 atom stereocenters. The lowest BCUT2D eigenvalue weighted by Gasteiger charge is -2.17. The first-order valence-electron chi connectivity index (χ1n) is 5.11. The molecule has 8 heteroatoms. The molecule has 0 spiro atoms. The summed E-state index contributed by atoms with van der Waals surface area (Å²) < 4.78 is 42.1. The number of nitrogens with zero attached hydrogens (tertiary/aromatic N) is 2. The van der Waals surface area contributed by atoms with Crippen molar-refractivity contribution in [2.24, 2.45) is 0 Å². The number of nitrogens with one attached hydrogen (secondary N) is 1. The molecule has 0 aliphatic carbocycles. The van der Waals surface area contributed by atoms with Gasteiger partial charge in [-0.25, -0.2) is 4.39 Å². The number of allylic oxidation sites excluding steroid dienone is 1. The van der Waals surface area contributed by atoms with Crippen LogP contribution in [0.2, 0.25) is 0 Å². The number of ether oxygens (including phenoxy) is 1. The summed E-state index contributed by atoms with van der Waals surface area (Å²) in [7, 11) is 0. The zero-order valence-electron chi connectivity index (χ0n) is 9.78. The zero-order chi connectivity index (χ0) is 15.2. The molecule has 1 aromatic rings. The summed E-state index contributed by atoms with van der Waals surface area (Å²) in [5.74, 6) is -0.284. The molecule has 0 radical (unpaired) electrons. The smallest absolute Gasteiger partial charge is 0.429 e. The molecule has 0 aliphatic rings. The predicted molar refractivity (Wildman–Crippen MR) is 65.7 cm³/mol. The van der Waals surface area contributed by atoms with E-state index in [0.717, 1.165) is 18.3 Å². The van der Waals surface area contributed by atoms with Crippen molar-refractivity contribution in [3.63, 3.8) is 0 Å². The number of anilines is 1. The van der Waals surface area contributed by atoms with Crippen molar-refractivity contribution >= 4 is 17.3 Å². The molecule has 0 saturated heterocycles. The summed E-state index contributed by atoms with van der Waals surface area (Å²) in [4.78, 5) is 0. The number of alkyl halides is 4. The van der Waals surface area contributed by atoms with Gasteiger partial charge in [-0.2, -0.15) is 19.3 Å². The van der Waals surface area contributed by atoms with Crippen LogP contribution in [0.4, 0.5) is 18.9 Å². The molecule has 1 aromatic carbocycles. The highest BCUT2D eigenvalue weighted by Gasteiger charge is 2.42. The van der Waals surface area contributed by atoms with Crippen molar-refractivity contribution in [3.05, 3.63) is 36.0 Å². The van der Waals surface area contributed by atoms with Crippen LogP contribution in [0, 0.1) is 22.7 Å². The topological polar surface area (TPSA) is 68.8 Å². The van der Waals surface area contributed by atoms with Gasteiger partial charge in [0.05, 0.1) is 0 Å².